The summed E-state index contributed by atoms with van der Waals surface area (Å²) in [5.74, 6) is 0.845. The van der Waals surface area contributed by atoms with Crippen LogP contribution in [0, 0.1) is 0 Å². The number of carbonyl (C=O) groups excluding carboxylic acids is 1. The van der Waals surface area contributed by atoms with Gasteiger partial charge in [0, 0.05) is 12.7 Å². The van der Waals surface area contributed by atoms with E-state index in [4.69, 9.17) is 9.47 Å². The van der Waals surface area contributed by atoms with Crippen LogP contribution in [0.3, 0.4) is 0 Å². The van der Waals surface area contributed by atoms with Crippen molar-refractivity contribution in [2.45, 2.75) is 13.5 Å². The Morgan fingerprint density at radius 2 is 1.86 bits per heavy atom. The predicted molar refractivity (Wildman–Crippen MR) is 83.4 cm³/mol. The lowest BCUT2D eigenvalue weighted by molar-refractivity contribution is 0.0735. The van der Waals surface area contributed by atoms with Crippen LogP contribution in [-0.2, 0) is 6.54 Å². The number of rotatable bonds is 4. The van der Waals surface area contributed by atoms with Crippen LogP contribution in [0.2, 0.25) is 0 Å². The van der Waals surface area contributed by atoms with Crippen LogP contribution in [0.4, 0.5) is 0 Å². The second-order valence-corrected chi connectivity index (χ2v) is 4.85. The zero-order chi connectivity index (χ0) is 15.5. The molecule has 1 aromatic heterocycles. The normalized spacial score (nSPS) is 10.6. The van der Waals surface area contributed by atoms with Crippen LogP contribution in [0.15, 0.2) is 48.8 Å². The zero-order valence-electron chi connectivity index (χ0n) is 12.4. The van der Waals surface area contributed by atoms with Gasteiger partial charge >= 0.3 is 5.97 Å². The molecule has 0 fully saturated rings. The lowest BCUT2D eigenvalue weighted by atomic mass is 10.1. The molecular weight excluding hydrogens is 280 g/mol. The van der Waals surface area contributed by atoms with Crippen molar-refractivity contribution in [2.75, 3.05) is 7.11 Å². The van der Waals surface area contributed by atoms with E-state index in [9.17, 15) is 4.79 Å². The van der Waals surface area contributed by atoms with E-state index in [1.54, 1.807) is 24.1 Å². The average Bonchev–Trinajstić information content (AvgIpc) is 3.03. The molecule has 5 nitrogen and oxygen atoms in total. The molecular formula is C17H16N2O3. The second-order valence-electron chi connectivity index (χ2n) is 4.85. The molecule has 112 valence electrons. The fourth-order valence-electron chi connectivity index (χ4n) is 2.20. The third-order valence-corrected chi connectivity index (χ3v) is 3.42. The highest BCUT2D eigenvalue weighted by Gasteiger charge is 2.11. The number of methoxy groups -OCH3 is 1. The summed E-state index contributed by atoms with van der Waals surface area (Å²) >= 11 is 0. The van der Waals surface area contributed by atoms with Gasteiger partial charge in [0.15, 0.2) is 0 Å². The molecule has 0 aliphatic rings. The van der Waals surface area contributed by atoms with E-state index in [0.717, 1.165) is 16.5 Å². The summed E-state index contributed by atoms with van der Waals surface area (Å²) in [6.07, 6.45) is 3.18. The molecule has 0 radical (unpaired) electrons. The van der Waals surface area contributed by atoms with Crippen molar-refractivity contribution in [3.63, 3.8) is 0 Å². The third-order valence-electron chi connectivity index (χ3n) is 3.42. The molecule has 1 heterocycles. The molecule has 5 heteroatoms. The summed E-state index contributed by atoms with van der Waals surface area (Å²) in [7, 11) is 1.62. The first-order chi connectivity index (χ1) is 10.7. The van der Waals surface area contributed by atoms with Gasteiger partial charge < -0.3 is 9.47 Å². The van der Waals surface area contributed by atoms with Crippen molar-refractivity contribution in [1.82, 2.24) is 9.78 Å². The summed E-state index contributed by atoms with van der Waals surface area (Å²) in [5.41, 5.74) is 0.438. The Labute approximate surface area is 128 Å². The minimum absolute atomic E-state index is 0.415. The molecule has 0 saturated carbocycles. The van der Waals surface area contributed by atoms with E-state index in [2.05, 4.69) is 5.10 Å². The first kappa shape index (κ1) is 14.1. The number of aromatic nitrogens is 2. The minimum atomic E-state index is -0.415. The second kappa shape index (κ2) is 5.89. The fraction of sp³-hybridized carbons (Fsp3) is 0.176. The molecule has 0 N–H and O–H groups in total. The molecule has 0 unspecified atom stereocenters. The highest BCUT2D eigenvalue weighted by molar-refractivity contribution is 5.91. The number of esters is 1. The average molecular weight is 296 g/mol. The Morgan fingerprint density at radius 3 is 2.55 bits per heavy atom. The van der Waals surface area contributed by atoms with Crippen molar-refractivity contribution in [1.29, 1.82) is 0 Å². The minimum Gasteiger partial charge on any atom is -0.497 e. The number of carbonyl (C=O) groups is 1. The quantitative estimate of drug-likeness (QED) is 0.547. The lowest BCUT2D eigenvalue weighted by Gasteiger charge is -2.06. The highest BCUT2D eigenvalue weighted by Crippen LogP contribution is 2.25. The lowest BCUT2D eigenvalue weighted by Crippen LogP contribution is -2.07. The maximum absolute atomic E-state index is 12.1. The van der Waals surface area contributed by atoms with Crippen molar-refractivity contribution in [2.24, 2.45) is 0 Å². The number of benzene rings is 2. The Balaban J connectivity index is 1.85. The summed E-state index contributed by atoms with van der Waals surface area (Å²) in [6, 6.07) is 11.3. The van der Waals surface area contributed by atoms with Gasteiger partial charge in [-0.3, -0.25) is 4.68 Å². The first-order valence-electron chi connectivity index (χ1n) is 7.02. The Bertz CT molecular complexity index is 824. The Hall–Kier alpha value is -2.82. The number of fused-ring (bicyclic) bond motifs is 1. The predicted octanol–water partition coefficient (Wildman–Crippen LogP) is 3.28. The molecule has 0 atom stereocenters. The van der Waals surface area contributed by atoms with Crippen molar-refractivity contribution >= 4 is 16.7 Å². The van der Waals surface area contributed by atoms with Crippen LogP contribution < -0.4 is 9.47 Å². The van der Waals surface area contributed by atoms with Crippen molar-refractivity contribution in [3.8, 4) is 11.5 Å². The van der Waals surface area contributed by atoms with Gasteiger partial charge in [-0.05, 0) is 42.0 Å². The van der Waals surface area contributed by atoms with E-state index < -0.39 is 5.97 Å². The first-order valence-corrected chi connectivity index (χ1v) is 7.02. The highest BCUT2D eigenvalue weighted by atomic mass is 16.5. The van der Waals surface area contributed by atoms with Crippen LogP contribution in [-0.4, -0.2) is 22.9 Å². The summed E-state index contributed by atoms with van der Waals surface area (Å²) < 4.78 is 12.3. The summed E-state index contributed by atoms with van der Waals surface area (Å²) in [6.45, 7) is 2.67. The van der Waals surface area contributed by atoms with Crippen molar-refractivity contribution < 1.29 is 14.3 Å². The number of hydrogen-bond acceptors (Lipinski definition) is 4. The smallest absolute Gasteiger partial charge is 0.346 e. The molecule has 0 amide bonds. The number of ether oxygens (including phenoxy) is 2. The zero-order valence-corrected chi connectivity index (χ0v) is 12.4. The molecule has 0 saturated heterocycles. The van der Waals surface area contributed by atoms with Gasteiger partial charge in [-0.2, -0.15) is 5.10 Å². The third kappa shape index (κ3) is 2.79. The standard InChI is InChI=1S/C17H16N2O3/c1-3-19-11-14(10-18-19)17(20)22-16-7-5-12-4-6-15(21-2)8-13(12)9-16/h4-11H,3H2,1-2H3. The fourth-order valence-corrected chi connectivity index (χ4v) is 2.20. The van der Waals surface area contributed by atoms with Gasteiger partial charge in [-0.1, -0.05) is 12.1 Å². The van der Waals surface area contributed by atoms with Crippen LogP contribution in [0.25, 0.3) is 10.8 Å². The van der Waals surface area contributed by atoms with E-state index in [1.165, 1.54) is 6.20 Å². The number of nitrogens with zero attached hydrogens (tertiary/aromatic N) is 2. The molecule has 22 heavy (non-hydrogen) atoms. The molecule has 0 spiro atoms. The monoisotopic (exact) mass is 296 g/mol. The Kier molecular flexibility index (Phi) is 3.78. The molecule has 0 aliphatic heterocycles. The number of hydrogen-bond donors (Lipinski definition) is 0. The summed E-state index contributed by atoms with van der Waals surface area (Å²) in [5, 5.41) is 6.08. The van der Waals surface area contributed by atoms with Crippen LogP contribution in [0.1, 0.15) is 17.3 Å². The van der Waals surface area contributed by atoms with Gasteiger partial charge in [-0.25, -0.2) is 4.79 Å². The topological polar surface area (TPSA) is 53.4 Å². The van der Waals surface area contributed by atoms with E-state index >= 15 is 0 Å². The van der Waals surface area contributed by atoms with Gasteiger partial charge in [-0.15, -0.1) is 0 Å². The molecule has 3 rings (SSSR count). The number of aryl methyl sites for hydroxylation is 1. The van der Waals surface area contributed by atoms with Gasteiger partial charge in [0.1, 0.15) is 11.5 Å². The molecule has 3 aromatic rings. The van der Waals surface area contributed by atoms with Crippen LogP contribution >= 0.6 is 0 Å². The molecule has 2 aromatic carbocycles. The van der Waals surface area contributed by atoms with E-state index in [-0.39, 0.29) is 0 Å². The van der Waals surface area contributed by atoms with Crippen LogP contribution in [0.5, 0.6) is 11.5 Å². The Morgan fingerprint density at radius 1 is 1.14 bits per heavy atom. The maximum atomic E-state index is 12.1. The van der Waals surface area contributed by atoms with Gasteiger partial charge in [0.05, 0.1) is 18.9 Å². The SMILES string of the molecule is CCn1cc(C(=O)Oc2ccc3ccc(OC)cc3c2)cn1. The molecule has 0 aliphatic carbocycles. The van der Waals surface area contributed by atoms with E-state index in [0.29, 0.717) is 17.9 Å². The molecule has 0 bridgehead atoms. The van der Waals surface area contributed by atoms with Crippen molar-refractivity contribution in [3.05, 3.63) is 54.4 Å². The largest absolute Gasteiger partial charge is 0.497 e. The van der Waals surface area contributed by atoms with Gasteiger partial charge in [0.2, 0.25) is 0 Å². The van der Waals surface area contributed by atoms with E-state index in [1.807, 2.05) is 37.3 Å². The maximum Gasteiger partial charge on any atom is 0.346 e. The summed E-state index contributed by atoms with van der Waals surface area (Å²) in [4.78, 5) is 12.1. The van der Waals surface area contributed by atoms with Gasteiger partial charge in [0.25, 0.3) is 0 Å².